The van der Waals surface area contributed by atoms with Crippen molar-refractivity contribution in [3.63, 3.8) is 0 Å². The van der Waals surface area contributed by atoms with Gasteiger partial charge < -0.3 is 5.32 Å². The number of nitrogens with one attached hydrogen (secondary N) is 1. The Hall–Kier alpha value is -2.26. The number of nitrogens with zero attached hydrogens (tertiary/aromatic N) is 3. The maximum atomic E-state index is 12.7. The van der Waals surface area contributed by atoms with Gasteiger partial charge >= 0.3 is 0 Å². The number of hydrogen-bond donors (Lipinski definition) is 1. The summed E-state index contributed by atoms with van der Waals surface area (Å²) >= 11 is 6.05. The average Bonchev–Trinajstić information content (AvgIpc) is 3.04. The van der Waals surface area contributed by atoms with Crippen LogP contribution in [0, 0.1) is 10.1 Å². The summed E-state index contributed by atoms with van der Waals surface area (Å²) in [6.45, 7) is 5.80. The number of halogens is 1. The maximum absolute atomic E-state index is 12.7. The zero-order valence-electron chi connectivity index (χ0n) is 14.4. The summed E-state index contributed by atoms with van der Waals surface area (Å²) in [4.78, 5) is 23.1. The number of benzene rings is 1. The number of hydrogen-bond acceptors (Lipinski definition) is 5. The lowest BCUT2D eigenvalue weighted by Gasteiger charge is -2.23. The van der Waals surface area contributed by atoms with Crippen molar-refractivity contribution in [1.82, 2.24) is 9.78 Å². The number of aromatic nitrogens is 2. The van der Waals surface area contributed by atoms with E-state index in [-0.39, 0.29) is 16.3 Å². The Kier molecular flexibility index (Phi) is 4.61. The van der Waals surface area contributed by atoms with Gasteiger partial charge in [0.05, 0.1) is 38.2 Å². The van der Waals surface area contributed by atoms with Crippen LogP contribution in [0.15, 0.2) is 18.2 Å². The molecular formula is C16H17ClN4O4S. The molecule has 0 aliphatic carbocycles. The Bertz CT molecular complexity index is 948. The Morgan fingerprint density at radius 1 is 1.38 bits per heavy atom. The summed E-state index contributed by atoms with van der Waals surface area (Å²) in [7, 11) is -1.05. The van der Waals surface area contributed by atoms with Crippen molar-refractivity contribution in [1.29, 1.82) is 0 Å². The van der Waals surface area contributed by atoms with E-state index < -0.39 is 27.2 Å². The molecule has 1 N–H and O–H groups in total. The number of carbonyl (C=O) groups is 1. The van der Waals surface area contributed by atoms with Crippen LogP contribution in [-0.2, 0) is 27.8 Å². The first-order chi connectivity index (χ1) is 12.1. The standard InChI is InChI=1S/C16H17ClN4O4S/c1-16(2,3)20-14(11-7-26(25)8-13(11)19-20)18-15(22)10-6-9(21(23)24)4-5-12(10)17/h4-6H,7-8H2,1-3H3,(H,18,22). The minimum Gasteiger partial charge on any atom is -0.306 e. The van der Waals surface area contributed by atoms with E-state index in [0.717, 1.165) is 11.6 Å². The van der Waals surface area contributed by atoms with Crippen molar-refractivity contribution in [2.45, 2.75) is 37.8 Å². The van der Waals surface area contributed by atoms with Crippen LogP contribution in [-0.4, -0.2) is 24.8 Å². The fraction of sp³-hybridized carbons (Fsp3) is 0.375. The molecule has 1 amide bonds. The molecule has 2 aromatic rings. The molecule has 1 atom stereocenters. The third-order valence-corrected chi connectivity index (χ3v) is 5.48. The summed E-state index contributed by atoms with van der Waals surface area (Å²) in [5, 5.41) is 18.3. The molecule has 8 nitrogen and oxygen atoms in total. The second-order valence-corrected chi connectivity index (χ2v) is 8.82. The van der Waals surface area contributed by atoms with Crippen LogP contribution in [0.1, 0.15) is 42.4 Å². The zero-order valence-corrected chi connectivity index (χ0v) is 16.0. The highest BCUT2D eigenvalue weighted by atomic mass is 35.5. The molecule has 0 radical (unpaired) electrons. The minimum absolute atomic E-state index is 0.00426. The van der Waals surface area contributed by atoms with Crippen LogP contribution in [0.5, 0.6) is 0 Å². The molecular weight excluding hydrogens is 380 g/mol. The lowest BCUT2D eigenvalue weighted by molar-refractivity contribution is -0.384. The monoisotopic (exact) mass is 396 g/mol. The lowest BCUT2D eigenvalue weighted by Crippen LogP contribution is -2.27. The number of amides is 1. The zero-order chi connectivity index (χ0) is 19.2. The first-order valence-electron chi connectivity index (χ1n) is 7.79. The van der Waals surface area contributed by atoms with Gasteiger partial charge in [-0.05, 0) is 26.8 Å². The maximum Gasteiger partial charge on any atom is 0.270 e. The van der Waals surface area contributed by atoms with E-state index >= 15 is 0 Å². The topological polar surface area (TPSA) is 107 Å². The molecule has 0 saturated carbocycles. The minimum atomic E-state index is -1.05. The number of anilines is 1. The van der Waals surface area contributed by atoms with E-state index in [1.165, 1.54) is 12.1 Å². The van der Waals surface area contributed by atoms with Gasteiger partial charge in [0.25, 0.3) is 11.6 Å². The van der Waals surface area contributed by atoms with Crippen LogP contribution >= 0.6 is 11.6 Å². The third-order valence-electron chi connectivity index (χ3n) is 3.94. The van der Waals surface area contributed by atoms with Gasteiger partial charge in [-0.2, -0.15) is 5.10 Å². The van der Waals surface area contributed by atoms with Crippen LogP contribution < -0.4 is 5.32 Å². The molecule has 26 heavy (non-hydrogen) atoms. The smallest absolute Gasteiger partial charge is 0.270 e. The fourth-order valence-electron chi connectivity index (χ4n) is 2.72. The largest absolute Gasteiger partial charge is 0.306 e. The summed E-state index contributed by atoms with van der Waals surface area (Å²) in [6, 6.07) is 3.68. The summed E-state index contributed by atoms with van der Waals surface area (Å²) in [5.41, 5.74) is 0.776. The number of nitro groups is 1. The Morgan fingerprint density at radius 3 is 2.69 bits per heavy atom. The molecule has 1 aliphatic heterocycles. The third kappa shape index (κ3) is 3.36. The molecule has 3 rings (SSSR count). The molecule has 0 saturated heterocycles. The second kappa shape index (κ2) is 6.48. The molecule has 0 fully saturated rings. The Morgan fingerprint density at radius 2 is 2.08 bits per heavy atom. The van der Waals surface area contributed by atoms with Crippen molar-refractivity contribution in [3.8, 4) is 0 Å². The van der Waals surface area contributed by atoms with Crippen molar-refractivity contribution in [2.24, 2.45) is 0 Å². The molecule has 0 bridgehead atoms. The van der Waals surface area contributed by atoms with E-state index in [9.17, 15) is 19.1 Å². The fourth-order valence-corrected chi connectivity index (χ4v) is 4.18. The van der Waals surface area contributed by atoms with Crippen LogP contribution in [0.2, 0.25) is 5.02 Å². The van der Waals surface area contributed by atoms with Crippen molar-refractivity contribution < 1.29 is 13.9 Å². The molecule has 1 unspecified atom stereocenters. The van der Waals surface area contributed by atoms with Crippen molar-refractivity contribution in [3.05, 3.63) is 50.2 Å². The Labute approximate surface area is 157 Å². The highest BCUT2D eigenvalue weighted by Gasteiger charge is 2.32. The van der Waals surface area contributed by atoms with E-state index in [1.807, 2.05) is 20.8 Å². The average molecular weight is 397 g/mol. The lowest BCUT2D eigenvalue weighted by atomic mass is 10.1. The van der Waals surface area contributed by atoms with Gasteiger partial charge in [0.15, 0.2) is 0 Å². The first-order valence-corrected chi connectivity index (χ1v) is 9.66. The van der Waals surface area contributed by atoms with E-state index in [1.54, 1.807) is 4.68 Å². The highest BCUT2D eigenvalue weighted by Crippen LogP contribution is 2.33. The number of nitro benzene ring substituents is 1. The van der Waals surface area contributed by atoms with Gasteiger partial charge in [-0.1, -0.05) is 11.6 Å². The number of fused-ring (bicyclic) bond motifs is 1. The predicted molar refractivity (Wildman–Crippen MR) is 98.8 cm³/mol. The van der Waals surface area contributed by atoms with Crippen molar-refractivity contribution >= 4 is 39.8 Å². The second-order valence-electron chi connectivity index (χ2n) is 6.96. The van der Waals surface area contributed by atoms with Gasteiger partial charge in [-0.3, -0.25) is 19.1 Å². The quantitative estimate of drug-likeness (QED) is 0.633. The first kappa shape index (κ1) is 18.5. The van der Waals surface area contributed by atoms with Crippen LogP contribution in [0.3, 0.4) is 0 Å². The predicted octanol–water partition coefficient (Wildman–Crippen LogP) is 3.21. The Balaban J connectivity index is 2.02. The summed E-state index contributed by atoms with van der Waals surface area (Å²) < 4.78 is 13.5. The number of rotatable bonds is 3. The van der Waals surface area contributed by atoms with Crippen molar-refractivity contribution in [2.75, 3.05) is 5.32 Å². The van der Waals surface area contributed by atoms with E-state index in [0.29, 0.717) is 23.0 Å². The van der Waals surface area contributed by atoms with Gasteiger partial charge in [0.2, 0.25) is 0 Å². The van der Waals surface area contributed by atoms with Gasteiger partial charge in [0, 0.05) is 28.5 Å². The van der Waals surface area contributed by atoms with Gasteiger partial charge in [0.1, 0.15) is 5.82 Å². The summed E-state index contributed by atoms with van der Waals surface area (Å²) in [6.07, 6.45) is 0. The normalized spacial score (nSPS) is 16.4. The summed E-state index contributed by atoms with van der Waals surface area (Å²) in [5.74, 6) is 0.526. The van der Waals surface area contributed by atoms with Gasteiger partial charge in [-0.15, -0.1) is 0 Å². The molecule has 138 valence electrons. The highest BCUT2D eigenvalue weighted by molar-refractivity contribution is 7.83. The number of non-ortho nitro benzene ring substituents is 1. The molecule has 1 aromatic heterocycles. The van der Waals surface area contributed by atoms with Crippen LogP contribution in [0.4, 0.5) is 11.5 Å². The van der Waals surface area contributed by atoms with E-state index in [2.05, 4.69) is 10.4 Å². The molecule has 1 aliphatic rings. The molecule has 1 aromatic carbocycles. The van der Waals surface area contributed by atoms with Crippen LogP contribution in [0.25, 0.3) is 0 Å². The molecule has 0 spiro atoms. The number of carbonyl (C=O) groups excluding carboxylic acids is 1. The SMILES string of the molecule is CC(C)(C)n1nc2c(c1NC(=O)c1cc([N+](=O)[O-])ccc1Cl)CS(=O)C2. The molecule has 2 heterocycles. The van der Waals surface area contributed by atoms with E-state index in [4.69, 9.17) is 11.6 Å². The van der Waals surface area contributed by atoms with Gasteiger partial charge in [-0.25, -0.2) is 4.68 Å². The molecule has 10 heteroatoms.